The highest BCUT2D eigenvalue weighted by Crippen LogP contribution is 2.25. The van der Waals surface area contributed by atoms with Gasteiger partial charge in [0.25, 0.3) is 0 Å². The van der Waals surface area contributed by atoms with Crippen LogP contribution in [-0.4, -0.2) is 54.6 Å². The van der Waals surface area contributed by atoms with Gasteiger partial charge in [-0.1, -0.05) is 30.3 Å². The molecule has 10 heteroatoms. The molecule has 2 aromatic carbocycles. The second-order valence-electron chi connectivity index (χ2n) is 11.0. The quantitative estimate of drug-likeness (QED) is 0.321. The Kier molecular flexibility index (Phi) is 7.68. The van der Waals surface area contributed by atoms with Gasteiger partial charge in [0, 0.05) is 18.4 Å². The van der Waals surface area contributed by atoms with Crippen LogP contribution >= 0.6 is 0 Å². The smallest absolute Gasteiger partial charge is 0.410 e. The maximum atomic E-state index is 13.2. The number of nitrogens with zero attached hydrogens (tertiary/aromatic N) is 5. The summed E-state index contributed by atoms with van der Waals surface area (Å²) in [6.07, 6.45) is 5.27. The van der Waals surface area contributed by atoms with Gasteiger partial charge in [-0.3, -0.25) is 14.3 Å². The van der Waals surface area contributed by atoms with Crippen molar-refractivity contribution in [2.45, 2.75) is 64.6 Å². The van der Waals surface area contributed by atoms with Crippen LogP contribution < -0.4 is 10.6 Å². The summed E-state index contributed by atoms with van der Waals surface area (Å²) in [7, 11) is 0. The van der Waals surface area contributed by atoms with Crippen molar-refractivity contribution < 1.29 is 14.3 Å². The first kappa shape index (κ1) is 27.1. The minimum absolute atomic E-state index is 0.0394. The first-order valence-corrected chi connectivity index (χ1v) is 13.6. The molecule has 2 N–H and O–H groups in total. The summed E-state index contributed by atoms with van der Waals surface area (Å²) in [5, 5.41) is 6.33. The second-order valence-corrected chi connectivity index (χ2v) is 11.0. The minimum Gasteiger partial charge on any atom is -0.444 e. The van der Waals surface area contributed by atoms with Gasteiger partial charge in [0.2, 0.25) is 11.9 Å². The standard InChI is InChI=1S/C30H35N7O3/c1-20(21-10-6-5-7-11-21)33-28-31-16-15-26(35-28)37-19-32-23-18-22(13-14-24(23)37)34-27(38)25-12-8-9-17-36(25)29(39)40-30(2,3)4/h5-7,10-11,13-16,18-20,25H,8-9,12,17H2,1-4H3,(H,34,38)(H,31,33,35). The van der Waals surface area contributed by atoms with Gasteiger partial charge in [-0.15, -0.1) is 0 Å². The van der Waals surface area contributed by atoms with Crippen molar-refractivity contribution in [3.8, 4) is 5.82 Å². The fourth-order valence-electron chi connectivity index (χ4n) is 4.81. The van der Waals surface area contributed by atoms with E-state index in [4.69, 9.17) is 9.72 Å². The van der Waals surface area contributed by atoms with Gasteiger partial charge in [0.1, 0.15) is 23.8 Å². The van der Waals surface area contributed by atoms with Crippen molar-refractivity contribution in [2.75, 3.05) is 17.2 Å². The molecule has 40 heavy (non-hydrogen) atoms. The number of ether oxygens (including phenoxy) is 1. The highest BCUT2D eigenvalue weighted by atomic mass is 16.6. The number of aromatic nitrogens is 4. The fourth-order valence-corrected chi connectivity index (χ4v) is 4.81. The fraction of sp³-hybridized carbons (Fsp3) is 0.367. The Morgan fingerprint density at radius 2 is 1.85 bits per heavy atom. The predicted molar refractivity (Wildman–Crippen MR) is 154 cm³/mol. The molecule has 0 aliphatic carbocycles. The second kappa shape index (κ2) is 11.3. The van der Waals surface area contributed by atoms with E-state index in [0.29, 0.717) is 35.9 Å². The number of imidazole rings is 1. The summed E-state index contributed by atoms with van der Waals surface area (Å²) in [4.78, 5) is 41.1. The predicted octanol–water partition coefficient (Wildman–Crippen LogP) is 5.72. The third-order valence-corrected chi connectivity index (χ3v) is 6.78. The lowest BCUT2D eigenvalue weighted by atomic mass is 10.0. The summed E-state index contributed by atoms with van der Waals surface area (Å²) < 4.78 is 7.42. The summed E-state index contributed by atoms with van der Waals surface area (Å²) in [5.74, 6) is 0.956. The molecule has 4 aromatic rings. The minimum atomic E-state index is -0.625. The molecular weight excluding hydrogens is 506 g/mol. The normalized spacial score (nSPS) is 16.4. The van der Waals surface area contributed by atoms with Crippen molar-refractivity contribution in [2.24, 2.45) is 0 Å². The molecule has 2 amide bonds. The summed E-state index contributed by atoms with van der Waals surface area (Å²) in [6.45, 7) is 8.02. The van der Waals surface area contributed by atoms with Gasteiger partial charge in [0.05, 0.1) is 17.1 Å². The molecule has 0 spiro atoms. The van der Waals surface area contributed by atoms with Crippen LogP contribution in [0.25, 0.3) is 16.9 Å². The molecule has 2 aromatic heterocycles. The van der Waals surface area contributed by atoms with E-state index in [1.54, 1.807) is 12.5 Å². The molecule has 0 saturated carbocycles. The number of benzene rings is 2. The first-order chi connectivity index (χ1) is 19.2. The third kappa shape index (κ3) is 6.22. The van der Waals surface area contributed by atoms with E-state index in [-0.39, 0.29) is 11.9 Å². The Hall–Kier alpha value is -4.47. The Labute approximate surface area is 233 Å². The van der Waals surface area contributed by atoms with Crippen LogP contribution in [0, 0.1) is 0 Å². The van der Waals surface area contributed by atoms with E-state index in [0.717, 1.165) is 23.9 Å². The lowest BCUT2D eigenvalue weighted by Gasteiger charge is -2.35. The number of carbonyl (C=O) groups excluding carboxylic acids is 2. The summed E-state index contributed by atoms with van der Waals surface area (Å²) in [6, 6.07) is 16.9. The molecular formula is C30H35N7O3. The zero-order valence-electron chi connectivity index (χ0n) is 23.3. The molecule has 1 aliphatic rings. The Balaban J connectivity index is 1.30. The zero-order valence-corrected chi connectivity index (χ0v) is 23.3. The molecule has 1 aliphatic heterocycles. The Morgan fingerprint density at radius 3 is 2.62 bits per heavy atom. The lowest BCUT2D eigenvalue weighted by molar-refractivity contribution is -0.122. The van der Waals surface area contributed by atoms with Crippen LogP contribution in [0.5, 0.6) is 0 Å². The summed E-state index contributed by atoms with van der Waals surface area (Å²) in [5.41, 5.74) is 2.67. The molecule has 208 valence electrons. The van der Waals surface area contributed by atoms with Crippen molar-refractivity contribution >= 4 is 34.7 Å². The van der Waals surface area contributed by atoms with E-state index in [1.165, 1.54) is 4.90 Å². The number of amides is 2. The number of anilines is 2. The van der Waals surface area contributed by atoms with Crippen LogP contribution in [0.15, 0.2) is 67.1 Å². The molecule has 0 bridgehead atoms. The monoisotopic (exact) mass is 541 g/mol. The molecule has 10 nitrogen and oxygen atoms in total. The van der Waals surface area contributed by atoms with Crippen molar-refractivity contribution in [1.29, 1.82) is 0 Å². The lowest BCUT2D eigenvalue weighted by Crippen LogP contribution is -2.51. The molecule has 2 atom stereocenters. The van der Waals surface area contributed by atoms with Gasteiger partial charge in [-0.2, -0.15) is 4.98 Å². The Bertz CT molecular complexity index is 1500. The summed E-state index contributed by atoms with van der Waals surface area (Å²) >= 11 is 0. The maximum absolute atomic E-state index is 13.2. The van der Waals surface area contributed by atoms with Crippen LogP contribution in [0.4, 0.5) is 16.4 Å². The van der Waals surface area contributed by atoms with E-state index in [1.807, 2.05) is 67.8 Å². The molecule has 3 heterocycles. The number of likely N-dealkylation sites (tertiary alicyclic amines) is 1. The molecule has 2 unspecified atom stereocenters. The topological polar surface area (TPSA) is 114 Å². The largest absolute Gasteiger partial charge is 0.444 e. The maximum Gasteiger partial charge on any atom is 0.410 e. The van der Waals surface area contributed by atoms with E-state index in [2.05, 4.69) is 39.7 Å². The number of hydrogen-bond donors (Lipinski definition) is 2. The van der Waals surface area contributed by atoms with Crippen molar-refractivity contribution in [3.05, 3.63) is 72.7 Å². The highest BCUT2D eigenvalue weighted by Gasteiger charge is 2.35. The van der Waals surface area contributed by atoms with Crippen LogP contribution in [0.2, 0.25) is 0 Å². The number of carbonyl (C=O) groups is 2. The van der Waals surface area contributed by atoms with Crippen LogP contribution in [0.3, 0.4) is 0 Å². The van der Waals surface area contributed by atoms with Crippen molar-refractivity contribution in [3.63, 3.8) is 0 Å². The van der Waals surface area contributed by atoms with Crippen LogP contribution in [0.1, 0.15) is 58.6 Å². The SMILES string of the molecule is CC(Nc1nccc(-n2cnc3cc(NC(=O)C4CCCCN4C(=O)OC(C)(C)C)ccc32)n1)c1ccccc1. The van der Waals surface area contributed by atoms with Gasteiger partial charge in [-0.05, 0) is 76.8 Å². The Morgan fingerprint density at radius 1 is 1.05 bits per heavy atom. The van der Waals surface area contributed by atoms with E-state index < -0.39 is 17.7 Å². The number of piperidine rings is 1. The van der Waals surface area contributed by atoms with Crippen LogP contribution in [-0.2, 0) is 9.53 Å². The molecule has 1 saturated heterocycles. The molecule has 0 radical (unpaired) electrons. The van der Waals surface area contributed by atoms with Gasteiger partial charge >= 0.3 is 6.09 Å². The highest BCUT2D eigenvalue weighted by molar-refractivity contribution is 5.98. The number of fused-ring (bicyclic) bond motifs is 1. The zero-order chi connectivity index (χ0) is 28.3. The molecule has 5 rings (SSSR count). The van der Waals surface area contributed by atoms with Gasteiger partial charge < -0.3 is 15.4 Å². The third-order valence-electron chi connectivity index (χ3n) is 6.78. The first-order valence-electron chi connectivity index (χ1n) is 13.6. The average Bonchev–Trinajstić information content (AvgIpc) is 3.36. The van der Waals surface area contributed by atoms with E-state index in [9.17, 15) is 9.59 Å². The average molecular weight is 542 g/mol. The number of rotatable bonds is 6. The number of hydrogen-bond acceptors (Lipinski definition) is 7. The van der Waals surface area contributed by atoms with Gasteiger partial charge in [0.15, 0.2) is 0 Å². The van der Waals surface area contributed by atoms with Crippen molar-refractivity contribution in [1.82, 2.24) is 24.4 Å². The number of nitrogens with one attached hydrogen (secondary N) is 2. The molecule has 1 fully saturated rings. The van der Waals surface area contributed by atoms with Gasteiger partial charge in [-0.25, -0.2) is 14.8 Å². The van der Waals surface area contributed by atoms with E-state index >= 15 is 0 Å².